The van der Waals surface area contributed by atoms with E-state index >= 15 is 0 Å². The summed E-state index contributed by atoms with van der Waals surface area (Å²) in [6.07, 6.45) is 1.71. The number of carbonyl (C=O) groups excluding carboxylic acids is 1. The van der Waals surface area contributed by atoms with Gasteiger partial charge in [0.1, 0.15) is 11.5 Å². The Bertz CT molecular complexity index is 581. The minimum Gasteiger partial charge on any atom is -0.308 e. The first-order valence-corrected chi connectivity index (χ1v) is 5.42. The summed E-state index contributed by atoms with van der Waals surface area (Å²) in [5.74, 6) is 5.55. The van der Waals surface area contributed by atoms with E-state index in [9.17, 15) is 4.79 Å². The lowest BCUT2D eigenvalue weighted by Gasteiger charge is -2.05. The number of carbonyl (C=O) groups is 1. The Labute approximate surface area is 108 Å². The van der Waals surface area contributed by atoms with Gasteiger partial charge < -0.3 is 10.7 Å². The van der Waals surface area contributed by atoms with Crippen LogP contribution in [0, 0.1) is 0 Å². The number of anilines is 2. The molecule has 0 aliphatic carbocycles. The average Bonchev–Trinajstić information content (AvgIpc) is 2.75. The fourth-order valence-electron chi connectivity index (χ4n) is 1.34. The van der Waals surface area contributed by atoms with Gasteiger partial charge in [-0.3, -0.25) is 9.48 Å². The molecule has 0 bridgehead atoms. The Hall–Kier alpha value is -2.12. The normalized spacial score (nSPS) is 10.2. The molecule has 0 saturated carbocycles. The Morgan fingerprint density at radius 2 is 2.17 bits per heavy atom. The maximum Gasteiger partial charge on any atom is 0.277 e. The minimum atomic E-state index is -0.448. The fraction of sp³-hybridized carbons (Fsp3) is 0.100. The number of aryl methyl sites for hydroxylation is 1. The number of rotatable bonds is 3. The van der Waals surface area contributed by atoms with E-state index in [2.05, 4.69) is 20.8 Å². The van der Waals surface area contributed by atoms with E-state index in [4.69, 9.17) is 17.4 Å². The summed E-state index contributed by atoms with van der Waals surface area (Å²) in [5, 5.41) is 6.85. The number of nitrogens with two attached hydrogens (primary N) is 1. The topological polar surface area (TPSA) is 97.9 Å². The molecule has 18 heavy (non-hydrogen) atoms. The summed E-state index contributed by atoms with van der Waals surface area (Å²) in [4.78, 5) is 15.9. The molecule has 0 aromatic carbocycles. The SMILES string of the molecule is Cn1ccc(NC(=O)c2nc(NN)ccc2Cl)n1. The van der Waals surface area contributed by atoms with Crippen LogP contribution < -0.4 is 16.6 Å². The molecular formula is C10H11ClN6O. The van der Waals surface area contributed by atoms with Crippen molar-refractivity contribution in [2.45, 2.75) is 0 Å². The van der Waals surface area contributed by atoms with Crippen LogP contribution in [0.5, 0.6) is 0 Å². The zero-order chi connectivity index (χ0) is 13.1. The van der Waals surface area contributed by atoms with Gasteiger partial charge in [0, 0.05) is 19.3 Å². The van der Waals surface area contributed by atoms with Crippen LogP contribution in [0.25, 0.3) is 0 Å². The van der Waals surface area contributed by atoms with Crippen molar-refractivity contribution in [1.29, 1.82) is 0 Å². The van der Waals surface area contributed by atoms with Crippen LogP contribution in [0.15, 0.2) is 24.4 Å². The summed E-state index contributed by atoms with van der Waals surface area (Å²) in [6, 6.07) is 4.77. The smallest absolute Gasteiger partial charge is 0.277 e. The Morgan fingerprint density at radius 1 is 1.39 bits per heavy atom. The molecule has 0 aliphatic heterocycles. The van der Waals surface area contributed by atoms with E-state index < -0.39 is 5.91 Å². The second-order valence-electron chi connectivity index (χ2n) is 3.50. The van der Waals surface area contributed by atoms with Gasteiger partial charge in [-0.1, -0.05) is 11.6 Å². The Balaban J connectivity index is 2.23. The number of hydrogen-bond acceptors (Lipinski definition) is 5. The predicted octanol–water partition coefficient (Wildman–Crippen LogP) is 1.01. The third-order valence-electron chi connectivity index (χ3n) is 2.16. The third kappa shape index (κ3) is 2.58. The highest BCUT2D eigenvalue weighted by Gasteiger charge is 2.14. The van der Waals surface area contributed by atoms with Crippen LogP contribution in [-0.2, 0) is 7.05 Å². The molecule has 7 nitrogen and oxygen atoms in total. The zero-order valence-corrected chi connectivity index (χ0v) is 10.3. The number of amides is 1. The standard InChI is InChI=1S/C10H11ClN6O/c1-17-5-4-8(16-17)14-10(18)9-6(11)2-3-7(13-9)15-12/h2-5H,12H2,1H3,(H,13,15)(H,14,16,18). The van der Waals surface area contributed by atoms with E-state index in [1.807, 2.05) is 0 Å². The average molecular weight is 267 g/mol. The molecule has 0 saturated heterocycles. The lowest BCUT2D eigenvalue weighted by Crippen LogP contribution is -2.17. The number of nitrogens with one attached hydrogen (secondary N) is 2. The maximum atomic E-state index is 11.9. The van der Waals surface area contributed by atoms with Crippen molar-refractivity contribution in [3.63, 3.8) is 0 Å². The van der Waals surface area contributed by atoms with E-state index in [0.717, 1.165) is 0 Å². The van der Waals surface area contributed by atoms with Crippen LogP contribution in [-0.4, -0.2) is 20.7 Å². The van der Waals surface area contributed by atoms with Gasteiger partial charge in [-0.05, 0) is 12.1 Å². The van der Waals surface area contributed by atoms with Crippen LogP contribution in [0.3, 0.4) is 0 Å². The molecule has 1 amide bonds. The number of nitrogens with zero attached hydrogens (tertiary/aromatic N) is 3. The zero-order valence-electron chi connectivity index (χ0n) is 9.51. The molecule has 0 unspecified atom stereocenters. The van der Waals surface area contributed by atoms with Crippen LogP contribution >= 0.6 is 11.6 Å². The molecule has 0 fully saturated rings. The second kappa shape index (κ2) is 5.03. The van der Waals surface area contributed by atoms with E-state index in [1.165, 1.54) is 6.07 Å². The van der Waals surface area contributed by atoms with Gasteiger partial charge in [0.25, 0.3) is 5.91 Å². The van der Waals surface area contributed by atoms with Crippen molar-refractivity contribution in [2.24, 2.45) is 12.9 Å². The van der Waals surface area contributed by atoms with Crippen molar-refractivity contribution >= 4 is 29.1 Å². The minimum absolute atomic E-state index is 0.0813. The Kier molecular flexibility index (Phi) is 3.45. The van der Waals surface area contributed by atoms with Gasteiger partial charge in [0.15, 0.2) is 5.82 Å². The summed E-state index contributed by atoms with van der Waals surface area (Å²) in [7, 11) is 1.75. The number of pyridine rings is 1. The first-order chi connectivity index (χ1) is 8.60. The number of aromatic nitrogens is 3. The summed E-state index contributed by atoms with van der Waals surface area (Å²) in [6.45, 7) is 0. The molecule has 2 aromatic heterocycles. The van der Waals surface area contributed by atoms with Gasteiger partial charge in [-0.25, -0.2) is 10.8 Å². The van der Waals surface area contributed by atoms with Gasteiger partial charge in [0.2, 0.25) is 0 Å². The van der Waals surface area contributed by atoms with Crippen molar-refractivity contribution in [2.75, 3.05) is 10.7 Å². The number of hydrazine groups is 1. The molecule has 0 atom stereocenters. The highest BCUT2D eigenvalue weighted by molar-refractivity contribution is 6.34. The highest BCUT2D eigenvalue weighted by atomic mass is 35.5. The van der Waals surface area contributed by atoms with Crippen LogP contribution in [0.4, 0.5) is 11.6 Å². The second-order valence-corrected chi connectivity index (χ2v) is 3.91. The largest absolute Gasteiger partial charge is 0.308 e. The van der Waals surface area contributed by atoms with Gasteiger partial charge in [0.05, 0.1) is 5.02 Å². The third-order valence-corrected chi connectivity index (χ3v) is 2.47. The molecule has 0 radical (unpaired) electrons. The van der Waals surface area contributed by atoms with E-state index in [0.29, 0.717) is 11.6 Å². The molecule has 4 N–H and O–H groups in total. The highest BCUT2D eigenvalue weighted by Crippen LogP contribution is 2.17. The van der Waals surface area contributed by atoms with Crippen molar-refractivity contribution in [3.05, 3.63) is 35.1 Å². The molecular weight excluding hydrogens is 256 g/mol. The monoisotopic (exact) mass is 266 g/mol. The van der Waals surface area contributed by atoms with Crippen LogP contribution in [0.2, 0.25) is 5.02 Å². The summed E-state index contributed by atoms with van der Waals surface area (Å²) >= 11 is 5.90. The number of nitrogen functional groups attached to an aromatic ring is 1. The summed E-state index contributed by atoms with van der Waals surface area (Å²) in [5.41, 5.74) is 2.43. The van der Waals surface area contributed by atoms with Gasteiger partial charge in [-0.2, -0.15) is 5.10 Å². The lowest BCUT2D eigenvalue weighted by molar-refractivity contribution is 0.102. The number of hydrogen-bond donors (Lipinski definition) is 3. The molecule has 8 heteroatoms. The van der Waals surface area contributed by atoms with Gasteiger partial charge >= 0.3 is 0 Å². The lowest BCUT2D eigenvalue weighted by atomic mass is 10.3. The number of halogens is 1. The van der Waals surface area contributed by atoms with Gasteiger partial charge in [-0.15, -0.1) is 0 Å². The molecule has 94 valence electrons. The predicted molar refractivity (Wildman–Crippen MR) is 68.2 cm³/mol. The van der Waals surface area contributed by atoms with E-state index in [-0.39, 0.29) is 10.7 Å². The molecule has 0 spiro atoms. The molecule has 2 rings (SSSR count). The molecule has 2 heterocycles. The van der Waals surface area contributed by atoms with E-state index in [1.54, 1.807) is 30.1 Å². The van der Waals surface area contributed by atoms with Crippen LogP contribution in [0.1, 0.15) is 10.5 Å². The Morgan fingerprint density at radius 3 is 2.78 bits per heavy atom. The van der Waals surface area contributed by atoms with Crippen molar-refractivity contribution in [3.8, 4) is 0 Å². The maximum absolute atomic E-state index is 11.9. The van der Waals surface area contributed by atoms with Crippen molar-refractivity contribution in [1.82, 2.24) is 14.8 Å². The summed E-state index contributed by atoms with van der Waals surface area (Å²) < 4.78 is 1.57. The quantitative estimate of drug-likeness (QED) is 0.569. The fourth-order valence-corrected chi connectivity index (χ4v) is 1.53. The first-order valence-electron chi connectivity index (χ1n) is 5.04. The van der Waals surface area contributed by atoms with Crippen molar-refractivity contribution < 1.29 is 4.79 Å². The molecule has 0 aliphatic rings. The molecule has 2 aromatic rings. The first kappa shape index (κ1) is 12.3.